The number of methoxy groups -OCH3 is 1. The molecular formula is C27H24N4O3. The van der Waals surface area contributed by atoms with E-state index in [1.807, 2.05) is 53.4 Å². The molecule has 1 unspecified atom stereocenters. The molecular weight excluding hydrogens is 428 g/mol. The van der Waals surface area contributed by atoms with Crippen molar-refractivity contribution < 1.29 is 9.53 Å². The van der Waals surface area contributed by atoms with Crippen molar-refractivity contribution in [3.63, 3.8) is 0 Å². The van der Waals surface area contributed by atoms with Crippen LogP contribution in [0, 0.1) is 0 Å². The molecule has 0 saturated carbocycles. The summed E-state index contributed by atoms with van der Waals surface area (Å²) in [6, 6.07) is 22.3. The third-order valence-electron chi connectivity index (χ3n) is 6.11. The molecule has 3 heterocycles. The Hall–Kier alpha value is -4.26. The number of hydrogen-bond donors (Lipinski definition) is 0. The lowest BCUT2D eigenvalue weighted by Gasteiger charge is -2.38. The maximum Gasteiger partial charge on any atom is 0.255 e. The fourth-order valence-electron chi connectivity index (χ4n) is 4.39. The molecule has 1 atom stereocenters. The minimum absolute atomic E-state index is 0.0724. The standard InChI is InChI=1S/C27H24N4O3/c1-34-22-9-5-8-21(16-22)25(32)18-31-24(20-6-3-2-4-7-20)12-15-30-26(33)17-23(29-27(30)31)19-10-13-28-14-11-19/h2-11,13-14,16-17,24H,12,15,18H2,1H3. The average Bonchev–Trinajstić information content (AvgIpc) is 2.90. The number of nitrogens with zero attached hydrogens (tertiary/aromatic N) is 4. The summed E-state index contributed by atoms with van der Waals surface area (Å²) in [6.07, 6.45) is 4.04. The molecule has 0 amide bonds. The van der Waals surface area contributed by atoms with E-state index in [1.165, 1.54) is 0 Å². The zero-order chi connectivity index (χ0) is 23.5. The molecule has 7 heteroatoms. The Bertz CT molecular complexity index is 1370. The summed E-state index contributed by atoms with van der Waals surface area (Å²) >= 11 is 0. The topological polar surface area (TPSA) is 77.3 Å². The van der Waals surface area contributed by atoms with Crippen molar-refractivity contribution in [1.29, 1.82) is 0 Å². The number of rotatable bonds is 6. The van der Waals surface area contributed by atoms with Crippen LogP contribution in [0.2, 0.25) is 0 Å². The Kier molecular flexibility index (Phi) is 5.91. The van der Waals surface area contributed by atoms with E-state index in [0.29, 0.717) is 35.9 Å². The first-order valence-electron chi connectivity index (χ1n) is 11.1. The summed E-state index contributed by atoms with van der Waals surface area (Å²) in [4.78, 5) is 37.3. The highest BCUT2D eigenvalue weighted by molar-refractivity contribution is 5.99. The number of fused-ring (bicyclic) bond motifs is 1. The van der Waals surface area contributed by atoms with Crippen molar-refractivity contribution in [3.8, 4) is 17.0 Å². The van der Waals surface area contributed by atoms with Gasteiger partial charge in [0.1, 0.15) is 5.75 Å². The first-order chi connectivity index (χ1) is 16.6. The lowest BCUT2D eigenvalue weighted by atomic mass is 9.99. The van der Waals surface area contributed by atoms with Gasteiger partial charge in [0.2, 0.25) is 5.95 Å². The molecule has 1 aliphatic rings. The summed E-state index contributed by atoms with van der Waals surface area (Å²) < 4.78 is 6.95. The normalized spacial score (nSPS) is 15.0. The zero-order valence-electron chi connectivity index (χ0n) is 18.8. The van der Waals surface area contributed by atoms with E-state index in [4.69, 9.17) is 9.72 Å². The average molecular weight is 453 g/mol. The molecule has 34 heavy (non-hydrogen) atoms. The van der Waals surface area contributed by atoms with Gasteiger partial charge in [-0.25, -0.2) is 4.98 Å². The largest absolute Gasteiger partial charge is 0.497 e. The summed E-state index contributed by atoms with van der Waals surface area (Å²) in [5, 5.41) is 0. The van der Waals surface area contributed by atoms with Crippen molar-refractivity contribution in [2.24, 2.45) is 0 Å². The fourth-order valence-corrected chi connectivity index (χ4v) is 4.39. The Balaban J connectivity index is 1.60. The van der Waals surface area contributed by atoms with E-state index in [-0.39, 0.29) is 23.9 Å². The predicted octanol–water partition coefficient (Wildman–Crippen LogP) is 4.15. The summed E-state index contributed by atoms with van der Waals surface area (Å²) in [5.41, 5.74) is 2.86. The van der Waals surface area contributed by atoms with Crippen LogP contribution in [-0.4, -0.2) is 34.0 Å². The first kappa shape index (κ1) is 21.6. The van der Waals surface area contributed by atoms with Crippen molar-refractivity contribution >= 4 is 11.7 Å². The van der Waals surface area contributed by atoms with Gasteiger partial charge in [0.05, 0.1) is 25.4 Å². The second kappa shape index (κ2) is 9.31. The minimum atomic E-state index is -0.137. The zero-order valence-corrected chi connectivity index (χ0v) is 18.8. The van der Waals surface area contributed by atoms with Gasteiger partial charge < -0.3 is 9.64 Å². The first-order valence-corrected chi connectivity index (χ1v) is 11.1. The van der Waals surface area contributed by atoms with E-state index in [9.17, 15) is 9.59 Å². The molecule has 0 spiro atoms. The van der Waals surface area contributed by atoms with Gasteiger partial charge in [0, 0.05) is 36.1 Å². The number of carbonyl (C=O) groups excluding carboxylic acids is 1. The Labute approximate surface area is 197 Å². The number of aromatic nitrogens is 3. The Morgan fingerprint density at radius 2 is 1.82 bits per heavy atom. The molecule has 0 N–H and O–H groups in total. The maximum atomic E-state index is 13.4. The number of ketones is 1. The Morgan fingerprint density at radius 3 is 2.59 bits per heavy atom. The number of ether oxygens (including phenoxy) is 1. The second-order valence-corrected chi connectivity index (χ2v) is 8.17. The van der Waals surface area contributed by atoms with Gasteiger partial charge in [0.15, 0.2) is 5.78 Å². The van der Waals surface area contributed by atoms with Crippen molar-refractivity contribution in [3.05, 3.63) is 107 Å². The molecule has 1 aliphatic heterocycles. The van der Waals surface area contributed by atoms with Crippen LogP contribution in [0.1, 0.15) is 28.4 Å². The van der Waals surface area contributed by atoms with E-state index in [1.54, 1.807) is 48.3 Å². The number of Topliss-reactive ketones (excluding diaryl/α,β-unsaturated/α-hetero) is 1. The maximum absolute atomic E-state index is 13.4. The molecule has 4 aromatic rings. The molecule has 2 aromatic carbocycles. The minimum Gasteiger partial charge on any atom is -0.497 e. The highest BCUT2D eigenvalue weighted by Crippen LogP contribution is 2.34. The van der Waals surface area contributed by atoms with Gasteiger partial charge in [-0.3, -0.25) is 19.1 Å². The van der Waals surface area contributed by atoms with Gasteiger partial charge >= 0.3 is 0 Å². The number of carbonyl (C=O) groups is 1. The molecule has 0 radical (unpaired) electrons. The van der Waals surface area contributed by atoms with Crippen LogP contribution < -0.4 is 15.2 Å². The monoisotopic (exact) mass is 452 g/mol. The van der Waals surface area contributed by atoms with Crippen molar-refractivity contribution in [1.82, 2.24) is 14.5 Å². The summed E-state index contributed by atoms with van der Waals surface area (Å²) in [5.74, 6) is 1.05. The molecule has 170 valence electrons. The number of hydrogen-bond acceptors (Lipinski definition) is 6. The second-order valence-electron chi connectivity index (χ2n) is 8.17. The van der Waals surface area contributed by atoms with E-state index in [2.05, 4.69) is 4.98 Å². The van der Waals surface area contributed by atoms with Crippen LogP contribution in [0.15, 0.2) is 90.0 Å². The van der Waals surface area contributed by atoms with Crippen LogP contribution >= 0.6 is 0 Å². The molecule has 0 bridgehead atoms. The van der Waals surface area contributed by atoms with Gasteiger partial charge in [-0.1, -0.05) is 42.5 Å². The van der Waals surface area contributed by atoms with Crippen molar-refractivity contribution in [2.75, 3.05) is 18.6 Å². The lowest BCUT2D eigenvalue weighted by Crippen LogP contribution is -2.43. The molecule has 7 nitrogen and oxygen atoms in total. The SMILES string of the molecule is COc1cccc(C(=O)CN2c3nc(-c4ccncc4)cc(=O)n3CCC2c2ccccc2)c1. The predicted molar refractivity (Wildman–Crippen MR) is 130 cm³/mol. The fraction of sp³-hybridized carbons (Fsp3) is 0.185. The third kappa shape index (κ3) is 4.20. The van der Waals surface area contributed by atoms with Gasteiger partial charge in [-0.15, -0.1) is 0 Å². The van der Waals surface area contributed by atoms with E-state index >= 15 is 0 Å². The van der Waals surface area contributed by atoms with E-state index < -0.39 is 0 Å². The van der Waals surface area contributed by atoms with Crippen LogP contribution in [0.4, 0.5) is 5.95 Å². The molecule has 5 rings (SSSR count). The molecule has 0 aliphatic carbocycles. The third-order valence-corrected chi connectivity index (χ3v) is 6.11. The van der Waals surface area contributed by atoms with Gasteiger partial charge in [-0.05, 0) is 36.2 Å². The number of anilines is 1. The van der Waals surface area contributed by atoms with Crippen molar-refractivity contribution in [2.45, 2.75) is 19.0 Å². The highest BCUT2D eigenvalue weighted by Gasteiger charge is 2.31. The van der Waals surface area contributed by atoms with Crippen LogP contribution in [0.5, 0.6) is 5.75 Å². The van der Waals surface area contributed by atoms with Crippen LogP contribution in [-0.2, 0) is 6.54 Å². The summed E-state index contributed by atoms with van der Waals surface area (Å²) in [6.45, 7) is 0.611. The quantitative estimate of drug-likeness (QED) is 0.409. The van der Waals surface area contributed by atoms with E-state index in [0.717, 1.165) is 11.1 Å². The van der Waals surface area contributed by atoms with Crippen LogP contribution in [0.25, 0.3) is 11.3 Å². The van der Waals surface area contributed by atoms with Gasteiger partial charge in [0.25, 0.3) is 5.56 Å². The molecule has 0 saturated heterocycles. The smallest absolute Gasteiger partial charge is 0.255 e. The molecule has 2 aromatic heterocycles. The van der Waals surface area contributed by atoms with Gasteiger partial charge in [-0.2, -0.15) is 0 Å². The lowest BCUT2D eigenvalue weighted by molar-refractivity contribution is 0.0994. The summed E-state index contributed by atoms with van der Waals surface area (Å²) in [7, 11) is 1.58. The Morgan fingerprint density at radius 1 is 1.03 bits per heavy atom. The van der Waals surface area contributed by atoms with Crippen LogP contribution in [0.3, 0.4) is 0 Å². The number of pyridine rings is 1. The highest BCUT2D eigenvalue weighted by atomic mass is 16.5. The molecule has 0 fully saturated rings. The number of benzene rings is 2.